The van der Waals surface area contributed by atoms with Crippen LogP contribution < -0.4 is 4.90 Å². The van der Waals surface area contributed by atoms with Crippen molar-refractivity contribution in [3.8, 4) is 0 Å². The topological polar surface area (TPSA) is 40.6 Å². The number of amides is 2. The highest BCUT2D eigenvalue weighted by Crippen LogP contribution is 2.38. The minimum Gasteiger partial charge on any atom is -0.342 e. The number of alkyl halides is 3. The highest BCUT2D eigenvalue weighted by Gasteiger charge is 2.36. The summed E-state index contributed by atoms with van der Waals surface area (Å²) in [7, 11) is 0. The van der Waals surface area contributed by atoms with E-state index in [1.165, 1.54) is 19.1 Å². The highest BCUT2D eigenvalue weighted by molar-refractivity contribution is 6.30. The van der Waals surface area contributed by atoms with Crippen molar-refractivity contribution < 1.29 is 22.8 Å². The van der Waals surface area contributed by atoms with Crippen molar-refractivity contribution in [1.29, 1.82) is 0 Å². The third-order valence-corrected chi connectivity index (χ3v) is 4.73. The summed E-state index contributed by atoms with van der Waals surface area (Å²) < 4.78 is 39.9. The summed E-state index contributed by atoms with van der Waals surface area (Å²) >= 11 is 5.69. The molecule has 0 aromatic heterocycles. The van der Waals surface area contributed by atoms with Gasteiger partial charge in [-0.05, 0) is 37.0 Å². The third-order valence-electron chi connectivity index (χ3n) is 4.49. The first-order chi connectivity index (χ1) is 12.1. The molecule has 1 aromatic rings. The monoisotopic (exact) mass is 390 g/mol. The van der Waals surface area contributed by atoms with Crippen LogP contribution in [0, 0.1) is 5.92 Å². The summed E-state index contributed by atoms with van der Waals surface area (Å²) in [6, 6.07) is 3.26. The Hall–Kier alpha value is -1.76. The number of benzene rings is 1. The van der Waals surface area contributed by atoms with E-state index >= 15 is 0 Å². The van der Waals surface area contributed by atoms with Crippen LogP contribution in [0.4, 0.5) is 18.9 Å². The Kier molecular flexibility index (Phi) is 6.55. The molecule has 2 amide bonds. The van der Waals surface area contributed by atoms with Gasteiger partial charge in [-0.25, -0.2) is 0 Å². The lowest BCUT2D eigenvalue weighted by Gasteiger charge is -2.32. The summed E-state index contributed by atoms with van der Waals surface area (Å²) in [4.78, 5) is 27.0. The number of piperidine rings is 1. The fourth-order valence-corrected chi connectivity index (χ4v) is 3.37. The molecule has 1 aromatic carbocycles. The molecule has 4 nitrogen and oxygen atoms in total. The van der Waals surface area contributed by atoms with Crippen LogP contribution >= 0.6 is 11.6 Å². The number of hydrogen-bond donors (Lipinski definition) is 0. The van der Waals surface area contributed by atoms with E-state index < -0.39 is 17.6 Å². The van der Waals surface area contributed by atoms with Crippen molar-refractivity contribution in [3.05, 3.63) is 28.8 Å². The van der Waals surface area contributed by atoms with Gasteiger partial charge in [-0.3, -0.25) is 9.59 Å². The highest BCUT2D eigenvalue weighted by atomic mass is 35.5. The van der Waals surface area contributed by atoms with E-state index in [1.807, 2.05) is 0 Å². The fourth-order valence-electron chi connectivity index (χ4n) is 3.20. The van der Waals surface area contributed by atoms with E-state index in [-0.39, 0.29) is 29.6 Å². The molecule has 26 heavy (non-hydrogen) atoms. The molecule has 0 spiro atoms. The molecule has 1 unspecified atom stereocenters. The van der Waals surface area contributed by atoms with Crippen molar-refractivity contribution >= 4 is 29.1 Å². The number of nitrogens with zero attached hydrogens (tertiary/aromatic N) is 2. The number of rotatable bonds is 4. The van der Waals surface area contributed by atoms with Gasteiger partial charge in [0.05, 0.1) is 11.3 Å². The summed E-state index contributed by atoms with van der Waals surface area (Å²) in [5.41, 5.74) is -1.27. The third kappa shape index (κ3) is 5.13. The normalized spacial score (nSPS) is 17.9. The van der Waals surface area contributed by atoms with Crippen LogP contribution in [0.5, 0.6) is 0 Å². The molecule has 1 aliphatic heterocycles. The number of carbonyl (C=O) groups is 2. The van der Waals surface area contributed by atoms with E-state index in [1.54, 1.807) is 4.90 Å². The van der Waals surface area contributed by atoms with Gasteiger partial charge in [-0.2, -0.15) is 13.2 Å². The molecule has 0 saturated carbocycles. The first-order valence-corrected chi connectivity index (χ1v) is 8.90. The lowest BCUT2D eigenvalue weighted by atomic mass is 10.00. The Balaban J connectivity index is 2.17. The van der Waals surface area contributed by atoms with Crippen LogP contribution in [0.2, 0.25) is 5.02 Å². The molecule has 0 bridgehead atoms. The van der Waals surface area contributed by atoms with Crippen LogP contribution in [0.1, 0.15) is 38.7 Å². The number of hydrogen-bond acceptors (Lipinski definition) is 2. The summed E-state index contributed by atoms with van der Waals surface area (Å²) in [5.74, 6) is -0.298. The van der Waals surface area contributed by atoms with E-state index in [0.717, 1.165) is 23.8 Å². The number of anilines is 1. The number of carbonyl (C=O) groups excluding carboxylic acids is 2. The van der Waals surface area contributed by atoms with Gasteiger partial charge < -0.3 is 9.80 Å². The van der Waals surface area contributed by atoms with Crippen LogP contribution in [-0.4, -0.2) is 36.3 Å². The van der Waals surface area contributed by atoms with Crippen LogP contribution in [0.15, 0.2) is 18.2 Å². The van der Waals surface area contributed by atoms with Crippen molar-refractivity contribution in [2.24, 2.45) is 5.92 Å². The van der Waals surface area contributed by atoms with Gasteiger partial charge in [-0.15, -0.1) is 0 Å². The summed E-state index contributed by atoms with van der Waals surface area (Å²) in [5, 5.41) is -0.0667. The zero-order valence-electron chi connectivity index (χ0n) is 14.8. The van der Waals surface area contributed by atoms with Gasteiger partial charge in [0.2, 0.25) is 11.8 Å². The van der Waals surface area contributed by atoms with Gasteiger partial charge in [0.1, 0.15) is 0 Å². The standard InChI is InChI=1S/C18H22ClF3N2O2/c1-12-4-3-8-23(11-12)17(26)7-9-24(13(2)25)16-6-5-14(19)10-15(16)18(20,21)22/h5-6,10,12H,3-4,7-9,11H2,1-2H3. The zero-order valence-corrected chi connectivity index (χ0v) is 15.5. The Morgan fingerprint density at radius 1 is 1.35 bits per heavy atom. The van der Waals surface area contributed by atoms with Crippen LogP contribution in [0.3, 0.4) is 0 Å². The molecule has 1 atom stereocenters. The van der Waals surface area contributed by atoms with Crippen molar-refractivity contribution in [3.63, 3.8) is 0 Å². The van der Waals surface area contributed by atoms with Gasteiger partial charge in [-0.1, -0.05) is 18.5 Å². The lowest BCUT2D eigenvalue weighted by Crippen LogP contribution is -2.41. The van der Waals surface area contributed by atoms with E-state index in [4.69, 9.17) is 11.6 Å². The molecular weight excluding hydrogens is 369 g/mol. The molecule has 2 rings (SSSR count). The van der Waals surface area contributed by atoms with Gasteiger partial charge >= 0.3 is 6.18 Å². The molecule has 0 N–H and O–H groups in total. The second-order valence-corrected chi connectivity index (χ2v) is 7.10. The molecule has 1 heterocycles. The van der Waals surface area contributed by atoms with Crippen molar-refractivity contribution in [2.45, 2.75) is 39.3 Å². The average molecular weight is 391 g/mol. The molecule has 1 saturated heterocycles. The summed E-state index contributed by atoms with van der Waals surface area (Å²) in [6.45, 7) is 4.43. The largest absolute Gasteiger partial charge is 0.418 e. The predicted molar refractivity (Wildman–Crippen MR) is 94.1 cm³/mol. The maximum Gasteiger partial charge on any atom is 0.418 e. The maximum absolute atomic E-state index is 13.3. The second-order valence-electron chi connectivity index (χ2n) is 6.67. The Morgan fingerprint density at radius 3 is 2.62 bits per heavy atom. The predicted octanol–water partition coefficient (Wildman–Crippen LogP) is 4.36. The molecular formula is C18H22ClF3N2O2. The van der Waals surface area contributed by atoms with Gasteiger partial charge in [0, 0.05) is 38.0 Å². The fraction of sp³-hybridized carbons (Fsp3) is 0.556. The van der Waals surface area contributed by atoms with Gasteiger partial charge in [0.25, 0.3) is 0 Å². The van der Waals surface area contributed by atoms with E-state index in [2.05, 4.69) is 6.92 Å². The maximum atomic E-state index is 13.3. The SMILES string of the molecule is CC(=O)N(CCC(=O)N1CCCC(C)C1)c1ccc(Cl)cc1C(F)(F)F. The van der Waals surface area contributed by atoms with Crippen LogP contribution in [0.25, 0.3) is 0 Å². The first kappa shape index (κ1) is 20.6. The molecule has 144 valence electrons. The molecule has 0 radical (unpaired) electrons. The Bertz CT molecular complexity index is 679. The minimum atomic E-state index is -4.65. The van der Waals surface area contributed by atoms with Crippen LogP contribution in [-0.2, 0) is 15.8 Å². The zero-order chi connectivity index (χ0) is 19.5. The quantitative estimate of drug-likeness (QED) is 0.766. The molecule has 1 aliphatic rings. The molecule has 1 fully saturated rings. The Morgan fingerprint density at radius 2 is 2.04 bits per heavy atom. The minimum absolute atomic E-state index is 0.0216. The van der Waals surface area contributed by atoms with Crippen molar-refractivity contribution in [2.75, 3.05) is 24.5 Å². The summed E-state index contributed by atoms with van der Waals surface area (Å²) in [6.07, 6.45) is -2.70. The number of likely N-dealkylation sites (tertiary alicyclic amines) is 1. The first-order valence-electron chi connectivity index (χ1n) is 8.52. The molecule has 8 heteroatoms. The van der Waals surface area contributed by atoms with Crippen molar-refractivity contribution in [1.82, 2.24) is 4.90 Å². The van der Waals surface area contributed by atoms with Gasteiger partial charge in [0.15, 0.2) is 0 Å². The smallest absolute Gasteiger partial charge is 0.342 e. The van der Waals surface area contributed by atoms with E-state index in [9.17, 15) is 22.8 Å². The molecule has 0 aliphatic carbocycles. The number of halogens is 4. The lowest BCUT2D eigenvalue weighted by molar-refractivity contribution is -0.137. The average Bonchev–Trinajstić information content (AvgIpc) is 2.54. The van der Waals surface area contributed by atoms with E-state index in [0.29, 0.717) is 19.0 Å². The Labute approximate surface area is 155 Å². The second kappa shape index (κ2) is 8.29.